The molecule has 7 nitrogen and oxygen atoms in total. The van der Waals surface area contributed by atoms with Crippen molar-refractivity contribution in [2.24, 2.45) is 0 Å². The Kier molecular flexibility index (Phi) is 12.4. The van der Waals surface area contributed by atoms with E-state index in [0.717, 1.165) is 15.4 Å². The highest BCUT2D eigenvalue weighted by Gasteiger charge is 2.36. The molecule has 4 rings (SSSR count). The molecule has 2 amide bonds. The largest absolute Gasteiger partial charge is 0.352 e. The maximum atomic E-state index is 14.7. The second kappa shape index (κ2) is 16.0. The summed E-state index contributed by atoms with van der Waals surface area (Å²) in [5.41, 5.74) is 2.96. The molecule has 11 heteroatoms. The standard InChI is InChI=1S/C36H38Cl3N3O4S/c1-5-26(4)40-36(44)34(20-27-10-7-6-8-11-27)41(22-30-31(38)12-9-13-32(30)39)35(43)23-42(33-21-28(37)17-16-25(33)3)47(45,46)29-18-14-24(2)15-19-29/h6-19,21,26,34H,5,20,22-23H2,1-4H3,(H,40,44)/t26-,34-/m1/s1. The van der Waals surface area contributed by atoms with Gasteiger partial charge in [0.1, 0.15) is 12.6 Å². The van der Waals surface area contributed by atoms with Crippen LogP contribution in [0.1, 0.15) is 42.5 Å². The van der Waals surface area contributed by atoms with E-state index >= 15 is 0 Å². The van der Waals surface area contributed by atoms with Gasteiger partial charge in [-0.1, -0.05) is 102 Å². The summed E-state index contributed by atoms with van der Waals surface area (Å²) in [7, 11) is -4.28. The minimum Gasteiger partial charge on any atom is -0.352 e. The average Bonchev–Trinajstić information content (AvgIpc) is 3.04. The Labute approximate surface area is 292 Å². The molecular formula is C36H38Cl3N3O4S. The maximum absolute atomic E-state index is 14.7. The van der Waals surface area contributed by atoms with Crippen molar-refractivity contribution in [1.29, 1.82) is 0 Å². The molecular weight excluding hydrogens is 677 g/mol. The number of sulfonamides is 1. The Balaban J connectivity index is 1.87. The monoisotopic (exact) mass is 713 g/mol. The summed E-state index contributed by atoms with van der Waals surface area (Å²) in [4.78, 5) is 30.1. The lowest BCUT2D eigenvalue weighted by Crippen LogP contribution is -2.54. The molecule has 248 valence electrons. The van der Waals surface area contributed by atoms with Crippen LogP contribution in [0.3, 0.4) is 0 Å². The van der Waals surface area contributed by atoms with Crippen molar-refractivity contribution >= 4 is 62.3 Å². The highest BCUT2D eigenvalue weighted by molar-refractivity contribution is 7.92. The molecule has 0 radical (unpaired) electrons. The maximum Gasteiger partial charge on any atom is 0.264 e. The quantitative estimate of drug-likeness (QED) is 0.152. The van der Waals surface area contributed by atoms with Gasteiger partial charge in [-0.15, -0.1) is 0 Å². The molecule has 2 atom stereocenters. The number of nitrogens with zero attached hydrogens (tertiary/aromatic N) is 2. The molecule has 0 aromatic heterocycles. The van der Waals surface area contributed by atoms with Crippen molar-refractivity contribution in [2.75, 3.05) is 10.8 Å². The van der Waals surface area contributed by atoms with Gasteiger partial charge in [-0.2, -0.15) is 0 Å². The Morgan fingerprint density at radius 1 is 0.851 bits per heavy atom. The van der Waals surface area contributed by atoms with Crippen LogP contribution < -0.4 is 9.62 Å². The molecule has 4 aromatic carbocycles. The van der Waals surface area contributed by atoms with Gasteiger partial charge in [0, 0.05) is 39.6 Å². The fourth-order valence-corrected chi connectivity index (χ4v) is 7.20. The SMILES string of the molecule is CC[C@@H](C)NC(=O)[C@@H](Cc1ccccc1)N(Cc1c(Cl)cccc1Cl)C(=O)CN(c1cc(Cl)ccc1C)S(=O)(=O)c1ccc(C)cc1. The van der Waals surface area contributed by atoms with Gasteiger partial charge < -0.3 is 10.2 Å². The number of halogens is 3. The number of nitrogens with one attached hydrogen (secondary N) is 1. The Morgan fingerprint density at radius 2 is 1.49 bits per heavy atom. The van der Waals surface area contributed by atoms with Crippen molar-refractivity contribution in [3.63, 3.8) is 0 Å². The smallest absolute Gasteiger partial charge is 0.264 e. The van der Waals surface area contributed by atoms with Crippen molar-refractivity contribution in [1.82, 2.24) is 10.2 Å². The third-order valence-electron chi connectivity index (χ3n) is 7.99. The number of carbonyl (C=O) groups is 2. The Bertz CT molecular complexity index is 1800. The average molecular weight is 715 g/mol. The van der Waals surface area contributed by atoms with Crippen molar-refractivity contribution in [3.05, 3.63) is 128 Å². The summed E-state index contributed by atoms with van der Waals surface area (Å²) in [6.45, 7) is 6.66. The van der Waals surface area contributed by atoms with Crippen LogP contribution >= 0.6 is 34.8 Å². The molecule has 0 aliphatic heterocycles. The molecule has 0 heterocycles. The summed E-state index contributed by atoms with van der Waals surface area (Å²) in [6.07, 6.45) is 0.836. The van der Waals surface area contributed by atoms with E-state index in [-0.39, 0.29) is 35.5 Å². The third-order valence-corrected chi connectivity index (χ3v) is 10.7. The zero-order valence-electron chi connectivity index (χ0n) is 26.7. The van der Waals surface area contributed by atoms with Crippen LogP contribution in [0.4, 0.5) is 5.69 Å². The Hall–Kier alpha value is -3.56. The normalized spacial score (nSPS) is 12.7. The van der Waals surface area contributed by atoms with Crippen molar-refractivity contribution in [2.45, 2.75) is 64.1 Å². The summed E-state index contributed by atoms with van der Waals surface area (Å²) < 4.78 is 29.7. The van der Waals surface area contributed by atoms with Gasteiger partial charge in [0.05, 0.1) is 10.6 Å². The molecule has 0 saturated carbocycles. The van der Waals surface area contributed by atoms with Crippen LogP contribution in [0, 0.1) is 13.8 Å². The van der Waals surface area contributed by atoms with Gasteiger partial charge in [0.2, 0.25) is 11.8 Å². The minimum atomic E-state index is -4.28. The molecule has 1 N–H and O–H groups in total. The van der Waals surface area contributed by atoms with E-state index in [1.807, 2.05) is 51.1 Å². The first kappa shape index (κ1) is 36.3. The number of benzene rings is 4. The van der Waals surface area contributed by atoms with Gasteiger partial charge in [-0.25, -0.2) is 8.42 Å². The van der Waals surface area contributed by atoms with E-state index in [4.69, 9.17) is 34.8 Å². The zero-order valence-corrected chi connectivity index (χ0v) is 29.8. The van der Waals surface area contributed by atoms with Gasteiger partial charge in [-0.3, -0.25) is 13.9 Å². The fraction of sp³-hybridized carbons (Fsp3) is 0.278. The summed E-state index contributed by atoms with van der Waals surface area (Å²) in [5.74, 6) is -1.01. The molecule has 0 fully saturated rings. The predicted octanol–water partition coefficient (Wildman–Crippen LogP) is 8.01. The number of hydrogen-bond donors (Lipinski definition) is 1. The third kappa shape index (κ3) is 9.08. The topological polar surface area (TPSA) is 86.8 Å². The number of rotatable bonds is 13. The van der Waals surface area contributed by atoms with Crippen LogP contribution in [0.5, 0.6) is 0 Å². The highest BCUT2D eigenvalue weighted by atomic mass is 35.5. The van der Waals surface area contributed by atoms with Gasteiger partial charge in [-0.05, 0) is 74.7 Å². The second-order valence-corrected chi connectivity index (χ2v) is 14.6. The van der Waals surface area contributed by atoms with E-state index < -0.39 is 28.5 Å². The first-order chi connectivity index (χ1) is 22.3. The van der Waals surface area contributed by atoms with E-state index in [1.165, 1.54) is 23.1 Å². The van der Waals surface area contributed by atoms with Crippen molar-refractivity contribution < 1.29 is 18.0 Å². The molecule has 0 aliphatic rings. The van der Waals surface area contributed by atoms with Crippen LogP contribution in [-0.2, 0) is 32.6 Å². The molecule has 0 saturated heterocycles. The fourth-order valence-electron chi connectivity index (χ4n) is 5.05. The number of carbonyl (C=O) groups excluding carboxylic acids is 2. The van der Waals surface area contributed by atoms with Crippen LogP contribution in [-0.4, -0.2) is 43.8 Å². The number of aryl methyl sites for hydroxylation is 2. The van der Waals surface area contributed by atoms with E-state index in [9.17, 15) is 18.0 Å². The lowest BCUT2D eigenvalue weighted by atomic mass is 10.0. The predicted molar refractivity (Wildman–Crippen MR) is 191 cm³/mol. The van der Waals surface area contributed by atoms with Crippen LogP contribution in [0.2, 0.25) is 15.1 Å². The minimum absolute atomic E-state index is 0.00585. The van der Waals surface area contributed by atoms with E-state index in [0.29, 0.717) is 32.6 Å². The van der Waals surface area contributed by atoms with Gasteiger partial charge >= 0.3 is 0 Å². The first-order valence-corrected chi connectivity index (χ1v) is 17.8. The molecule has 47 heavy (non-hydrogen) atoms. The summed E-state index contributed by atoms with van der Waals surface area (Å²) >= 11 is 19.5. The highest BCUT2D eigenvalue weighted by Crippen LogP contribution is 2.31. The lowest BCUT2D eigenvalue weighted by molar-refractivity contribution is -0.140. The number of hydrogen-bond acceptors (Lipinski definition) is 4. The lowest BCUT2D eigenvalue weighted by Gasteiger charge is -2.35. The van der Waals surface area contributed by atoms with E-state index in [1.54, 1.807) is 49.4 Å². The molecule has 0 bridgehead atoms. The van der Waals surface area contributed by atoms with Crippen LogP contribution in [0.15, 0.2) is 95.9 Å². The van der Waals surface area contributed by atoms with Gasteiger partial charge in [0.15, 0.2) is 0 Å². The zero-order chi connectivity index (χ0) is 34.3. The van der Waals surface area contributed by atoms with Crippen molar-refractivity contribution in [3.8, 4) is 0 Å². The van der Waals surface area contributed by atoms with E-state index in [2.05, 4.69) is 5.32 Å². The summed E-state index contributed by atoms with van der Waals surface area (Å²) in [6, 6.07) is 24.4. The number of amides is 2. The number of anilines is 1. The first-order valence-electron chi connectivity index (χ1n) is 15.2. The molecule has 4 aromatic rings. The second-order valence-electron chi connectivity index (χ2n) is 11.5. The van der Waals surface area contributed by atoms with Gasteiger partial charge in [0.25, 0.3) is 10.0 Å². The molecule has 0 aliphatic carbocycles. The molecule has 0 spiro atoms. The van der Waals surface area contributed by atoms with Crippen LogP contribution in [0.25, 0.3) is 0 Å². The summed E-state index contributed by atoms with van der Waals surface area (Å²) in [5, 5.41) is 3.94. The molecule has 0 unspecified atom stereocenters. The Morgan fingerprint density at radius 3 is 2.11 bits per heavy atom.